The van der Waals surface area contributed by atoms with Gasteiger partial charge in [0.05, 0.1) is 5.69 Å². The molecule has 0 saturated heterocycles. The predicted molar refractivity (Wildman–Crippen MR) is 127 cm³/mol. The van der Waals surface area contributed by atoms with Gasteiger partial charge in [-0.05, 0) is 46.5 Å². The topological polar surface area (TPSA) is 105 Å². The van der Waals surface area contributed by atoms with Crippen molar-refractivity contribution in [1.82, 2.24) is 5.32 Å². The summed E-state index contributed by atoms with van der Waals surface area (Å²) in [5.41, 5.74) is 5.93. The van der Waals surface area contributed by atoms with Crippen molar-refractivity contribution in [3.8, 4) is 11.1 Å². The van der Waals surface area contributed by atoms with E-state index < -0.39 is 24.0 Å². The van der Waals surface area contributed by atoms with Crippen LogP contribution in [-0.2, 0) is 14.3 Å². The first kappa shape index (κ1) is 22.5. The first-order chi connectivity index (χ1) is 15.9. The molecule has 2 amide bonds. The largest absolute Gasteiger partial charge is 0.481 e. The van der Waals surface area contributed by atoms with Crippen molar-refractivity contribution in [2.75, 3.05) is 11.9 Å². The molecule has 1 unspecified atom stereocenters. The second-order valence-electron chi connectivity index (χ2n) is 7.91. The maximum Gasteiger partial charge on any atom is 0.407 e. The van der Waals surface area contributed by atoms with E-state index in [-0.39, 0.29) is 25.4 Å². The van der Waals surface area contributed by atoms with Crippen LogP contribution in [0, 0.1) is 6.92 Å². The Kier molecular flexibility index (Phi) is 6.74. The predicted octanol–water partition coefficient (Wildman–Crippen LogP) is 4.77. The molecule has 7 nitrogen and oxygen atoms in total. The highest BCUT2D eigenvalue weighted by Crippen LogP contribution is 2.44. The third-order valence-electron chi connectivity index (χ3n) is 5.71. The van der Waals surface area contributed by atoms with Gasteiger partial charge in [-0.25, -0.2) is 4.79 Å². The first-order valence-electron chi connectivity index (χ1n) is 10.6. The second-order valence-corrected chi connectivity index (χ2v) is 8.66. The van der Waals surface area contributed by atoms with Gasteiger partial charge in [-0.3, -0.25) is 9.59 Å². The fourth-order valence-electron chi connectivity index (χ4n) is 4.03. The van der Waals surface area contributed by atoms with E-state index in [9.17, 15) is 14.4 Å². The van der Waals surface area contributed by atoms with E-state index in [1.807, 2.05) is 60.8 Å². The average molecular weight is 465 g/mol. The second kappa shape index (κ2) is 9.87. The van der Waals surface area contributed by atoms with Crippen molar-refractivity contribution in [2.24, 2.45) is 0 Å². The number of aryl methyl sites for hydroxylation is 1. The highest BCUT2D eigenvalue weighted by molar-refractivity contribution is 7.08. The van der Waals surface area contributed by atoms with E-state index in [2.05, 4.69) is 10.6 Å². The number of anilines is 1. The van der Waals surface area contributed by atoms with Gasteiger partial charge in [0.25, 0.3) is 0 Å². The highest BCUT2D eigenvalue weighted by Gasteiger charge is 2.30. The summed E-state index contributed by atoms with van der Waals surface area (Å²) in [4.78, 5) is 36.4. The Hall–Kier alpha value is -3.65. The van der Waals surface area contributed by atoms with Gasteiger partial charge in [0, 0.05) is 17.7 Å². The number of carboxylic acid groups (broad SMARTS) is 1. The van der Waals surface area contributed by atoms with E-state index in [1.165, 1.54) is 11.3 Å². The van der Waals surface area contributed by atoms with Crippen LogP contribution in [0.5, 0.6) is 0 Å². The number of nitrogens with one attached hydrogen (secondary N) is 2. The minimum atomic E-state index is -1.05. The van der Waals surface area contributed by atoms with E-state index in [4.69, 9.17) is 9.84 Å². The number of carboxylic acids is 1. The minimum Gasteiger partial charge on any atom is -0.481 e. The van der Waals surface area contributed by atoms with E-state index in [0.29, 0.717) is 5.69 Å². The molecule has 0 radical (unpaired) electrons. The highest BCUT2D eigenvalue weighted by atomic mass is 32.1. The third kappa shape index (κ3) is 5.06. The van der Waals surface area contributed by atoms with Gasteiger partial charge in [0.1, 0.15) is 12.6 Å². The lowest BCUT2D eigenvalue weighted by Crippen LogP contribution is -2.44. The number of ether oxygens (including phenoxy) is 1. The molecule has 1 atom stereocenters. The number of benzene rings is 2. The molecule has 3 aromatic rings. The molecule has 8 heteroatoms. The Morgan fingerprint density at radius 2 is 1.67 bits per heavy atom. The number of amides is 2. The van der Waals surface area contributed by atoms with Crippen molar-refractivity contribution in [1.29, 1.82) is 0 Å². The normalized spacial score (nSPS) is 13.0. The Morgan fingerprint density at radius 3 is 2.24 bits per heavy atom. The van der Waals surface area contributed by atoms with Crippen LogP contribution in [0.3, 0.4) is 0 Å². The number of carbonyl (C=O) groups excluding carboxylic acids is 2. The fourth-order valence-corrected chi connectivity index (χ4v) is 4.81. The maximum atomic E-state index is 12.7. The molecule has 1 heterocycles. The summed E-state index contributed by atoms with van der Waals surface area (Å²) in [6.07, 6.45) is -1.07. The zero-order valence-corrected chi connectivity index (χ0v) is 18.9. The zero-order valence-electron chi connectivity index (χ0n) is 18.0. The lowest BCUT2D eigenvalue weighted by atomic mass is 9.98. The van der Waals surface area contributed by atoms with Gasteiger partial charge in [-0.1, -0.05) is 48.5 Å². The van der Waals surface area contributed by atoms with Gasteiger partial charge in [-0.15, -0.1) is 11.3 Å². The van der Waals surface area contributed by atoms with Gasteiger partial charge in [-0.2, -0.15) is 0 Å². The SMILES string of the molecule is Cc1cscc1NC(=O)C(CCC(=O)O)NC(=O)OCC1c2ccccc2-c2ccccc21. The Bertz CT molecular complexity index is 1140. The van der Waals surface area contributed by atoms with Crippen LogP contribution in [0.25, 0.3) is 11.1 Å². The summed E-state index contributed by atoms with van der Waals surface area (Å²) >= 11 is 1.44. The fraction of sp³-hybridized carbons (Fsp3) is 0.240. The standard InChI is InChI=1S/C25H24N2O5S/c1-15-13-33-14-22(15)26-24(30)21(10-11-23(28)29)27-25(31)32-12-20-18-8-4-2-6-16(18)17-7-3-5-9-19(17)20/h2-9,13-14,20-21H,10-12H2,1H3,(H,26,30)(H,27,31)(H,28,29). The monoisotopic (exact) mass is 464 g/mol. The van der Waals surface area contributed by atoms with E-state index in [0.717, 1.165) is 27.8 Å². The van der Waals surface area contributed by atoms with Crippen LogP contribution in [0.1, 0.15) is 35.4 Å². The molecule has 0 fully saturated rings. The Labute approximate surface area is 195 Å². The molecule has 4 rings (SSSR count). The van der Waals surface area contributed by atoms with Gasteiger partial charge in [0.15, 0.2) is 0 Å². The Balaban J connectivity index is 1.43. The van der Waals surface area contributed by atoms with Crippen molar-refractivity contribution in [3.63, 3.8) is 0 Å². The molecule has 0 aliphatic heterocycles. The molecule has 3 N–H and O–H groups in total. The van der Waals surface area contributed by atoms with Crippen molar-refractivity contribution >= 4 is 35.0 Å². The summed E-state index contributed by atoms with van der Waals surface area (Å²) in [5, 5.41) is 18.0. The van der Waals surface area contributed by atoms with E-state index in [1.54, 1.807) is 5.38 Å². The number of hydrogen-bond donors (Lipinski definition) is 3. The van der Waals surface area contributed by atoms with Gasteiger partial charge >= 0.3 is 12.1 Å². The molecule has 1 aliphatic carbocycles. The molecule has 1 aliphatic rings. The molecule has 2 aromatic carbocycles. The quantitative estimate of drug-likeness (QED) is 0.446. The van der Waals surface area contributed by atoms with Crippen molar-refractivity contribution in [2.45, 2.75) is 31.7 Å². The lowest BCUT2D eigenvalue weighted by molar-refractivity contribution is -0.137. The summed E-state index contributed by atoms with van der Waals surface area (Å²) in [7, 11) is 0. The van der Waals surface area contributed by atoms with Crippen LogP contribution >= 0.6 is 11.3 Å². The molecule has 0 saturated carbocycles. The summed E-state index contributed by atoms with van der Waals surface area (Å²) in [6.45, 7) is 1.97. The zero-order chi connectivity index (χ0) is 23.4. The summed E-state index contributed by atoms with van der Waals surface area (Å²) in [6, 6.07) is 15.0. The van der Waals surface area contributed by atoms with Crippen LogP contribution in [0.4, 0.5) is 10.5 Å². The average Bonchev–Trinajstić information content (AvgIpc) is 3.35. The van der Waals surface area contributed by atoms with Gasteiger partial charge < -0.3 is 20.5 Å². The molecule has 0 bridgehead atoms. The van der Waals surface area contributed by atoms with Crippen LogP contribution in [0.15, 0.2) is 59.3 Å². The molecule has 1 aromatic heterocycles. The maximum absolute atomic E-state index is 12.7. The minimum absolute atomic E-state index is 0.0471. The number of carbonyl (C=O) groups is 3. The van der Waals surface area contributed by atoms with Crippen LogP contribution in [-0.4, -0.2) is 35.7 Å². The summed E-state index contributed by atoms with van der Waals surface area (Å²) in [5.74, 6) is -1.64. The Morgan fingerprint density at radius 1 is 1.03 bits per heavy atom. The summed E-state index contributed by atoms with van der Waals surface area (Å²) < 4.78 is 5.51. The van der Waals surface area contributed by atoms with Gasteiger partial charge in [0.2, 0.25) is 5.91 Å². The van der Waals surface area contributed by atoms with Crippen LogP contribution in [0.2, 0.25) is 0 Å². The molecule has 33 heavy (non-hydrogen) atoms. The number of aliphatic carboxylic acids is 1. The molecule has 170 valence electrons. The number of alkyl carbamates (subject to hydrolysis) is 1. The lowest BCUT2D eigenvalue weighted by Gasteiger charge is -2.19. The molecular weight excluding hydrogens is 440 g/mol. The number of rotatable bonds is 8. The molecule has 0 spiro atoms. The first-order valence-corrected chi connectivity index (χ1v) is 11.5. The van der Waals surface area contributed by atoms with Crippen molar-refractivity contribution < 1.29 is 24.2 Å². The van der Waals surface area contributed by atoms with E-state index >= 15 is 0 Å². The number of thiophene rings is 1. The van der Waals surface area contributed by atoms with Crippen LogP contribution < -0.4 is 10.6 Å². The van der Waals surface area contributed by atoms with Crippen molar-refractivity contribution in [3.05, 3.63) is 76.0 Å². The smallest absolute Gasteiger partial charge is 0.407 e. The third-order valence-corrected chi connectivity index (χ3v) is 6.57. The number of hydrogen-bond acceptors (Lipinski definition) is 5. The number of fused-ring (bicyclic) bond motifs is 3. The molecular formula is C25H24N2O5S.